The summed E-state index contributed by atoms with van der Waals surface area (Å²) in [6, 6.07) is 1.78. The van der Waals surface area contributed by atoms with Gasteiger partial charge in [0, 0.05) is 12.4 Å². The van der Waals surface area contributed by atoms with Gasteiger partial charge in [-0.3, -0.25) is 0 Å². The summed E-state index contributed by atoms with van der Waals surface area (Å²) < 4.78 is 8.72. The average Bonchev–Trinajstić information content (AvgIpc) is 3.10. The highest BCUT2D eigenvalue weighted by Gasteiger charge is 1.61. The maximum atomic E-state index is 4.36. The van der Waals surface area contributed by atoms with E-state index < -0.39 is 0 Å². The molecule has 0 atom stereocenters. The molecule has 0 aliphatic rings. The van der Waals surface area contributed by atoms with Crippen LogP contribution >= 0.6 is 0 Å². The lowest BCUT2D eigenvalue weighted by Gasteiger charge is -1.70. The van der Waals surface area contributed by atoms with Gasteiger partial charge in [0.1, 0.15) is 6.33 Å². The second-order valence-corrected chi connectivity index (χ2v) is 2.06. The lowest BCUT2D eigenvalue weighted by Crippen LogP contribution is -1.66. The first-order valence-corrected chi connectivity index (χ1v) is 4.08. The zero-order valence-corrected chi connectivity index (χ0v) is 8.12. The van der Waals surface area contributed by atoms with Crippen LogP contribution in [0.2, 0.25) is 0 Å². The molecule has 0 aromatic carbocycles. The van der Waals surface area contributed by atoms with Crippen molar-refractivity contribution in [2.45, 2.75) is 0 Å². The third-order valence-corrected chi connectivity index (χ3v) is 1.04. The van der Waals surface area contributed by atoms with Gasteiger partial charge in [0.2, 0.25) is 25.6 Å². The van der Waals surface area contributed by atoms with Crippen LogP contribution in [0.1, 0.15) is 0 Å². The molecule has 0 aliphatic carbocycles. The molecule has 0 amide bonds. The van der Waals surface area contributed by atoms with E-state index in [4.69, 9.17) is 0 Å². The van der Waals surface area contributed by atoms with Crippen molar-refractivity contribution in [1.82, 2.24) is 30.4 Å². The molecule has 3 rings (SSSR count). The number of nitrogens with zero attached hydrogens (tertiary/aromatic N) is 6. The molecule has 0 spiro atoms. The largest absolute Gasteiger partial charge is 0.431 e. The minimum atomic E-state index is 1.26. The van der Waals surface area contributed by atoms with Gasteiger partial charge in [0.25, 0.3) is 0 Å². The molecular formula is C8H8N6O2. The third-order valence-electron chi connectivity index (χ3n) is 1.04. The molecule has 3 aromatic rings. The summed E-state index contributed by atoms with van der Waals surface area (Å²) in [5.74, 6) is 0. The van der Waals surface area contributed by atoms with Crippen molar-refractivity contribution in [2.75, 3.05) is 0 Å². The summed E-state index contributed by atoms with van der Waals surface area (Å²) in [7, 11) is 0. The Morgan fingerprint density at radius 3 is 1.19 bits per heavy atom. The van der Waals surface area contributed by atoms with Gasteiger partial charge in [-0.15, -0.1) is 20.4 Å². The topological polar surface area (TPSA) is 104 Å². The third kappa shape index (κ3) is 6.83. The van der Waals surface area contributed by atoms with Crippen LogP contribution in [0.4, 0.5) is 0 Å². The molecule has 0 aliphatic heterocycles. The summed E-state index contributed by atoms with van der Waals surface area (Å²) in [5, 5.41) is 13.2. The Morgan fingerprint density at radius 1 is 0.625 bits per heavy atom. The summed E-state index contributed by atoms with van der Waals surface area (Å²) in [6.07, 6.45) is 9.93. The van der Waals surface area contributed by atoms with E-state index >= 15 is 0 Å². The second-order valence-electron chi connectivity index (χ2n) is 2.06. The van der Waals surface area contributed by atoms with E-state index in [9.17, 15) is 0 Å². The SMILES string of the molecule is c1cncnc1.c1nnco1.c1nnco1. The zero-order chi connectivity index (χ0) is 11.3. The van der Waals surface area contributed by atoms with Crippen LogP contribution in [-0.2, 0) is 0 Å². The highest BCUT2D eigenvalue weighted by molar-refractivity contribution is 4.74. The molecule has 82 valence electrons. The number of rotatable bonds is 0. The highest BCUT2D eigenvalue weighted by Crippen LogP contribution is 1.66. The predicted molar refractivity (Wildman–Crippen MR) is 50.6 cm³/mol. The maximum Gasteiger partial charge on any atom is 0.203 e. The standard InChI is InChI=1S/C4H4N2.2C2H2N2O/c1-2-5-4-6-3-1;2*1-3-4-2-5-1/h1-4H;2*1-2H. The van der Waals surface area contributed by atoms with Crippen LogP contribution in [0, 0.1) is 0 Å². The average molecular weight is 220 g/mol. The van der Waals surface area contributed by atoms with Gasteiger partial charge in [0.05, 0.1) is 0 Å². The van der Waals surface area contributed by atoms with E-state index in [0.29, 0.717) is 0 Å². The quantitative estimate of drug-likeness (QED) is 0.542. The van der Waals surface area contributed by atoms with E-state index in [1.807, 2.05) is 0 Å². The van der Waals surface area contributed by atoms with E-state index in [-0.39, 0.29) is 0 Å². The minimum absolute atomic E-state index is 1.26. The molecule has 16 heavy (non-hydrogen) atoms. The van der Waals surface area contributed by atoms with E-state index in [2.05, 4.69) is 39.2 Å². The zero-order valence-electron chi connectivity index (χ0n) is 8.12. The smallest absolute Gasteiger partial charge is 0.203 e. The molecule has 3 heterocycles. The molecular weight excluding hydrogens is 212 g/mol. The summed E-state index contributed by atoms with van der Waals surface area (Å²) in [4.78, 5) is 7.35. The summed E-state index contributed by atoms with van der Waals surface area (Å²) >= 11 is 0. The molecule has 0 bridgehead atoms. The van der Waals surface area contributed by atoms with Crippen molar-refractivity contribution in [1.29, 1.82) is 0 Å². The Morgan fingerprint density at radius 2 is 1.06 bits per heavy atom. The molecule has 0 fully saturated rings. The number of aromatic nitrogens is 6. The van der Waals surface area contributed by atoms with Crippen LogP contribution < -0.4 is 0 Å². The lowest BCUT2D eigenvalue weighted by molar-refractivity contribution is 0.553. The number of hydrogen-bond donors (Lipinski definition) is 0. The minimum Gasteiger partial charge on any atom is -0.431 e. The van der Waals surface area contributed by atoms with Gasteiger partial charge in [-0.1, -0.05) is 0 Å². The molecule has 8 nitrogen and oxygen atoms in total. The van der Waals surface area contributed by atoms with E-state index in [0.717, 1.165) is 0 Å². The second kappa shape index (κ2) is 8.94. The molecule has 3 aromatic heterocycles. The van der Waals surface area contributed by atoms with Crippen LogP contribution in [0.15, 0.2) is 59.2 Å². The molecule has 0 radical (unpaired) electrons. The van der Waals surface area contributed by atoms with E-state index in [1.165, 1.54) is 31.9 Å². The Hall–Kier alpha value is -2.64. The van der Waals surface area contributed by atoms with Crippen molar-refractivity contribution in [2.24, 2.45) is 0 Å². The fourth-order valence-electron chi connectivity index (χ4n) is 0.526. The van der Waals surface area contributed by atoms with Crippen molar-refractivity contribution in [3.8, 4) is 0 Å². The fraction of sp³-hybridized carbons (Fsp3) is 0. The van der Waals surface area contributed by atoms with E-state index in [1.54, 1.807) is 18.5 Å². The normalized spacial score (nSPS) is 8.00. The monoisotopic (exact) mass is 220 g/mol. The highest BCUT2D eigenvalue weighted by atomic mass is 16.3. The van der Waals surface area contributed by atoms with Gasteiger partial charge in [-0.05, 0) is 6.07 Å². The molecule has 0 unspecified atom stereocenters. The first kappa shape index (κ1) is 11.4. The molecule has 0 saturated heterocycles. The van der Waals surface area contributed by atoms with Crippen molar-refractivity contribution >= 4 is 0 Å². The van der Waals surface area contributed by atoms with Gasteiger partial charge in [-0.2, -0.15) is 0 Å². The van der Waals surface area contributed by atoms with Gasteiger partial charge < -0.3 is 8.83 Å². The van der Waals surface area contributed by atoms with Crippen molar-refractivity contribution in [3.63, 3.8) is 0 Å². The van der Waals surface area contributed by atoms with Crippen LogP contribution in [0.5, 0.6) is 0 Å². The van der Waals surface area contributed by atoms with Crippen LogP contribution in [0.3, 0.4) is 0 Å². The first-order valence-electron chi connectivity index (χ1n) is 4.08. The summed E-state index contributed by atoms with van der Waals surface area (Å²) in [5.41, 5.74) is 0. The lowest BCUT2D eigenvalue weighted by atomic mass is 10.7. The predicted octanol–water partition coefficient (Wildman–Crippen LogP) is 0.616. The molecule has 0 N–H and O–H groups in total. The van der Waals surface area contributed by atoms with Crippen molar-refractivity contribution < 1.29 is 8.83 Å². The van der Waals surface area contributed by atoms with Crippen molar-refractivity contribution in [3.05, 3.63) is 50.4 Å². The first-order chi connectivity index (χ1) is 8.00. The van der Waals surface area contributed by atoms with Gasteiger partial charge >= 0.3 is 0 Å². The maximum absolute atomic E-state index is 4.36. The summed E-state index contributed by atoms with van der Waals surface area (Å²) in [6.45, 7) is 0. The number of hydrogen-bond acceptors (Lipinski definition) is 8. The Balaban J connectivity index is 0.000000121. The Labute approximate surface area is 90.4 Å². The van der Waals surface area contributed by atoms with Crippen LogP contribution in [0.25, 0.3) is 0 Å². The van der Waals surface area contributed by atoms with Gasteiger partial charge in [-0.25, -0.2) is 9.97 Å². The Bertz CT molecular complexity index is 314. The van der Waals surface area contributed by atoms with Crippen LogP contribution in [-0.4, -0.2) is 30.4 Å². The molecule has 0 saturated carbocycles. The Kier molecular flexibility index (Phi) is 6.39. The molecule has 8 heteroatoms. The van der Waals surface area contributed by atoms with Gasteiger partial charge in [0.15, 0.2) is 0 Å². The fourth-order valence-corrected chi connectivity index (χ4v) is 0.526.